The highest BCUT2D eigenvalue weighted by atomic mass is 16.7. The Morgan fingerprint density at radius 3 is 2.26 bits per heavy atom. The first kappa shape index (κ1) is 22.4. The molecule has 0 spiro atoms. The summed E-state index contributed by atoms with van der Waals surface area (Å²) >= 11 is 0. The molecule has 2 aliphatic heterocycles. The average Bonchev–Trinajstić information content (AvgIpc) is 3.54. The van der Waals surface area contributed by atoms with Gasteiger partial charge in [-0.05, 0) is 60.2 Å². The maximum Gasteiger partial charge on any atom is 0.335 e. The van der Waals surface area contributed by atoms with Gasteiger partial charge in [-0.3, -0.25) is 5.01 Å². The van der Waals surface area contributed by atoms with E-state index in [0.29, 0.717) is 35.2 Å². The zero-order valence-corrected chi connectivity index (χ0v) is 19.5. The van der Waals surface area contributed by atoms with Gasteiger partial charge < -0.3 is 28.8 Å². The quantitative estimate of drug-likeness (QED) is 0.532. The van der Waals surface area contributed by atoms with Crippen molar-refractivity contribution in [1.29, 1.82) is 0 Å². The van der Waals surface area contributed by atoms with Crippen LogP contribution in [0.25, 0.3) is 0 Å². The molecule has 2 aliphatic rings. The Morgan fingerprint density at radius 1 is 0.943 bits per heavy atom. The van der Waals surface area contributed by atoms with Gasteiger partial charge in [-0.25, -0.2) is 4.79 Å². The molecule has 9 nitrogen and oxygen atoms in total. The zero-order chi connectivity index (χ0) is 24.5. The van der Waals surface area contributed by atoms with E-state index in [2.05, 4.69) is 0 Å². The first-order valence-electron chi connectivity index (χ1n) is 10.9. The molecule has 1 atom stereocenters. The Kier molecular flexibility index (Phi) is 5.82. The summed E-state index contributed by atoms with van der Waals surface area (Å²) in [5.41, 5.74) is 3.63. The summed E-state index contributed by atoms with van der Waals surface area (Å²) in [5, 5.41) is 16.1. The van der Waals surface area contributed by atoms with E-state index in [-0.39, 0.29) is 18.4 Å². The SMILES string of the molecule is COc1cc(C2CC(c3ccc4c(c3)OCO4)=NN2c2ccc(C(=O)O)cc2)cc(OC)c1OC. The van der Waals surface area contributed by atoms with Crippen LogP contribution in [0, 0.1) is 0 Å². The van der Waals surface area contributed by atoms with Crippen molar-refractivity contribution in [2.45, 2.75) is 12.5 Å². The molecule has 180 valence electrons. The topological polar surface area (TPSA) is 99.1 Å². The van der Waals surface area contributed by atoms with Crippen molar-refractivity contribution in [3.8, 4) is 28.7 Å². The van der Waals surface area contributed by atoms with Crippen LogP contribution in [0.1, 0.15) is 33.9 Å². The number of rotatable bonds is 7. The van der Waals surface area contributed by atoms with E-state index >= 15 is 0 Å². The van der Waals surface area contributed by atoms with Crippen LogP contribution in [0.15, 0.2) is 59.7 Å². The molecule has 0 radical (unpaired) electrons. The fourth-order valence-corrected chi connectivity index (χ4v) is 4.31. The molecule has 0 saturated carbocycles. The molecule has 0 aliphatic carbocycles. The molecule has 0 aromatic heterocycles. The lowest BCUT2D eigenvalue weighted by molar-refractivity contribution is 0.0697. The molecule has 0 bridgehead atoms. The van der Waals surface area contributed by atoms with Crippen molar-refractivity contribution < 1.29 is 33.6 Å². The highest BCUT2D eigenvalue weighted by Gasteiger charge is 2.32. The van der Waals surface area contributed by atoms with Crippen molar-refractivity contribution >= 4 is 17.4 Å². The van der Waals surface area contributed by atoms with Crippen LogP contribution in [0.4, 0.5) is 5.69 Å². The van der Waals surface area contributed by atoms with Gasteiger partial charge in [-0.1, -0.05) is 0 Å². The standard InChI is InChI=1S/C26H24N2O7/c1-31-23-11-17(12-24(32-2)25(23)33-3)20-13-19(16-6-9-21-22(10-16)35-14-34-21)27-28(20)18-7-4-15(5-8-18)26(29)30/h4-12,20H,13-14H2,1-3H3,(H,29,30). The summed E-state index contributed by atoms with van der Waals surface area (Å²) in [6.45, 7) is 0.196. The van der Waals surface area contributed by atoms with Gasteiger partial charge in [0.1, 0.15) is 0 Å². The minimum Gasteiger partial charge on any atom is -0.493 e. The first-order chi connectivity index (χ1) is 17.0. The number of carbonyl (C=O) groups is 1. The molecule has 35 heavy (non-hydrogen) atoms. The number of fused-ring (bicyclic) bond motifs is 1. The largest absolute Gasteiger partial charge is 0.493 e. The lowest BCUT2D eigenvalue weighted by atomic mass is 9.97. The summed E-state index contributed by atoms with van der Waals surface area (Å²) in [5.74, 6) is 1.99. The fourth-order valence-electron chi connectivity index (χ4n) is 4.31. The molecule has 1 unspecified atom stereocenters. The smallest absolute Gasteiger partial charge is 0.335 e. The van der Waals surface area contributed by atoms with Gasteiger partial charge in [0.05, 0.1) is 44.3 Å². The fraction of sp³-hybridized carbons (Fsp3) is 0.231. The second-order valence-corrected chi connectivity index (χ2v) is 7.99. The van der Waals surface area contributed by atoms with Crippen LogP contribution in [-0.4, -0.2) is 44.9 Å². The second kappa shape index (κ2) is 9.09. The predicted octanol–water partition coefficient (Wildman–Crippen LogP) is 4.50. The number of aromatic carboxylic acids is 1. The lowest BCUT2D eigenvalue weighted by Crippen LogP contribution is -2.19. The van der Waals surface area contributed by atoms with Crippen molar-refractivity contribution in [2.24, 2.45) is 5.10 Å². The third-order valence-corrected chi connectivity index (χ3v) is 6.07. The van der Waals surface area contributed by atoms with Crippen LogP contribution in [0.5, 0.6) is 28.7 Å². The number of hydrazone groups is 1. The van der Waals surface area contributed by atoms with Gasteiger partial charge in [0.25, 0.3) is 0 Å². The van der Waals surface area contributed by atoms with Gasteiger partial charge in [-0.2, -0.15) is 5.10 Å². The van der Waals surface area contributed by atoms with Crippen LogP contribution in [0.2, 0.25) is 0 Å². The van der Waals surface area contributed by atoms with Gasteiger partial charge in [0.15, 0.2) is 23.0 Å². The second-order valence-electron chi connectivity index (χ2n) is 7.99. The average molecular weight is 476 g/mol. The molecule has 3 aromatic rings. The van der Waals surface area contributed by atoms with Gasteiger partial charge in [0, 0.05) is 12.0 Å². The molecular formula is C26H24N2O7. The molecular weight excluding hydrogens is 452 g/mol. The molecule has 9 heteroatoms. The van der Waals surface area contributed by atoms with E-state index in [1.165, 1.54) is 0 Å². The molecule has 1 N–H and O–H groups in total. The van der Waals surface area contributed by atoms with Gasteiger partial charge in [0.2, 0.25) is 12.5 Å². The van der Waals surface area contributed by atoms with Crippen molar-refractivity contribution in [3.05, 3.63) is 71.3 Å². The number of ether oxygens (including phenoxy) is 5. The molecule has 3 aromatic carbocycles. The number of carboxylic acid groups (broad SMARTS) is 1. The maximum absolute atomic E-state index is 11.3. The lowest BCUT2D eigenvalue weighted by Gasteiger charge is -2.25. The van der Waals surface area contributed by atoms with Gasteiger partial charge >= 0.3 is 5.97 Å². The summed E-state index contributed by atoms with van der Waals surface area (Å²) in [6.07, 6.45) is 0.582. The number of carboxylic acids is 1. The number of benzene rings is 3. The number of anilines is 1. The number of methoxy groups -OCH3 is 3. The van der Waals surface area contributed by atoms with E-state index in [1.54, 1.807) is 45.6 Å². The number of hydrogen-bond acceptors (Lipinski definition) is 8. The van der Waals surface area contributed by atoms with Crippen LogP contribution >= 0.6 is 0 Å². The van der Waals surface area contributed by atoms with E-state index in [0.717, 1.165) is 22.5 Å². The monoisotopic (exact) mass is 476 g/mol. The Morgan fingerprint density at radius 2 is 1.63 bits per heavy atom. The van der Waals surface area contributed by atoms with Gasteiger partial charge in [-0.15, -0.1) is 0 Å². The van der Waals surface area contributed by atoms with E-state index in [9.17, 15) is 9.90 Å². The van der Waals surface area contributed by atoms with Crippen molar-refractivity contribution in [1.82, 2.24) is 0 Å². The summed E-state index contributed by atoms with van der Waals surface area (Å²) < 4.78 is 27.6. The van der Waals surface area contributed by atoms with Crippen LogP contribution in [0.3, 0.4) is 0 Å². The molecule has 0 fully saturated rings. The summed E-state index contributed by atoms with van der Waals surface area (Å²) in [4.78, 5) is 11.3. The van der Waals surface area contributed by atoms with Crippen LogP contribution in [-0.2, 0) is 0 Å². The first-order valence-corrected chi connectivity index (χ1v) is 10.9. The summed E-state index contributed by atoms with van der Waals surface area (Å²) in [6, 6.07) is 16.0. The highest BCUT2D eigenvalue weighted by Crippen LogP contribution is 2.45. The molecule has 2 heterocycles. The highest BCUT2D eigenvalue weighted by molar-refractivity contribution is 6.04. The number of hydrogen-bond donors (Lipinski definition) is 1. The Balaban J connectivity index is 1.58. The van der Waals surface area contributed by atoms with Crippen LogP contribution < -0.4 is 28.7 Å². The maximum atomic E-state index is 11.3. The molecule has 0 saturated heterocycles. The zero-order valence-electron chi connectivity index (χ0n) is 19.5. The van der Waals surface area contributed by atoms with Crippen molar-refractivity contribution in [2.75, 3.05) is 33.1 Å². The van der Waals surface area contributed by atoms with E-state index in [1.807, 2.05) is 35.3 Å². The molecule has 0 amide bonds. The van der Waals surface area contributed by atoms with E-state index in [4.69, 9.17) is 28.8 Å². The minimum atomic E-state index is -0.983. The van der Waals surface area contributed by atoms with Crippen molar-refractivity contribution in [3.63, 3.8) is 0 Å². The Labute approximate surface area is 202 Å². The third-order valence-electron chi connectivity index (χ3n) is 6.07. The number of nitrogens with zero attached hydrogens (tertiary/aromatic N) is 2. The molecule has 5 rings (SSSR count). The van der Waals surface area contributed by atoms with E-state index < -0.39 is 5.97 Å². The normalized spacial score (nSPS) is 16.1. The minimum absolute atomic E-state index is 0.196. The third kappa shape index (κ3) is 4.05. The summed E-state index contributed by atoms with van der Waals surface area (Å²) in [7, 11) is 4.71. The Hall–Kier alpha value is -4.40. The predicted molar refractivity (Wildman–Crippen MR) is 128 cm³/mol. The Bertz CT molecular complexity index is 1280.